The van der Waals surface area contributed by atoms with E-state index in [0.29, 0.717) is 35.3 Å². The van der Waals surface area contributed by atoms with Crippen LogP contribution in [0.5, 0.6) is 0 Å². The Hall–Kier alpha value is -1.66. The van der Waals surface area contributed by atoms with Gasteiger partial charge in [0.2, 0.25) is 0 Å². The molecule has 21 heavy (non-hydrogen) atoms. The van der Waals surface area contributed by atoms with E-state index < -0.39 is 0 Å². The summed E-state index contributed by atoms with van der Waals surface area (Å²) in [6.45, 7) is 2.97. The number of nitrogens with zero attached hydrogens (tertiary/aromatic N) is 1. The third-order valence-electron chi connectivity index (χ3n) is 4.79. The molecule has 0 aromatic heterocycles. The van der Waals surface area contributed by atoms with Gasteiger partial charge in [0.1, 0.15) is 0 Å². The second-order valence-electron chi connectivity index (χ2n) is 5.94. The Bertz CT molecular complexity index is 515. The van der Waals surface area contributed by atoms with E-state index in [2.05, 4.69) is 13.0 Å². The number of carbonyl (C=O) groups excluding carboxylic acids is 1. The number of hydrogen-bond acceptors (Lipinski definition) is 3. The fourth-order valence-corrected chi connectivity index (χ4v) is 3.55. The minimum Gasteiger partial charge on any atom is -0.384 e. The predicted molar refractivity (Wildman–Crippen MR) is 82.0 cm³/mol. The average molecular weight is 285 g/mol. The summed E-state index contributed by atoms with van der Waals surface area (Å²) in [4.78, 5) is 12.4. The molecule has 1 saturated carbocycles. The van der Waals surface area contributed by atoms with E-state index in [-0.39, 0.29) is 5.78 Å². The lowest BCUT2D eigenvalue weighted by Crippen LogP contribution is -2.22. The summed E-state index contributed by atoms with van der Waals surface area (Å²) in [7, 11) is 1.74. The Morgan fingerprint density at radius 3 is 2.52 bits per heavy atom. The van der Waals surface area contributed by atoms with E-state index >= 15 is 0 Å². The Morgan fingerprint density at radius 1 is 1.29 bits per heavy atom. The van der Waals surface area contributed by atoms with Gasteiger partial charge in [0, 0.05) is 25.7 Å². The van der Waals surface area contributed by atoms with E-state index in [1.54, 1.807) is 31.4 Å². The SMILES string of the molecule is CCC1CCC(CC(=O)c2ccc(C#N)cc2)C1COC. The highest BCUT2D eigenvalue weighted by atomic mass is 16.5. The molecular weight excluding hydrogens is 262 g/mol. The summed E-state index contributed by atoms with van der Waals surface area (Å²) in [5, 5.41) is 8.80. The van der Waals surface area contributed by atoms with Crippen LogP contribution in [-0.2, 0) is 4.74 Å². The third-order valence-corrected chi connectivity index (χ3v) is 4.79. The number of hydrogen-bond donors (Lipinski definition) is 0. The molecule has 0 spiro atoms. The molecule has 3 nitrogen and oxygen atoms in total. The smallest absolute Gasteiger partial charge is 0.163 e. The first-order valence-electron chi connectivity index (χ1n) is 7.71. The number of methoxy groups -OCH3 is 1. The van der Waals surface area contributed by atoms with Gasteiger partial charge >= 0.3 is 0 Å². The van der Waals surface area contributed by atoms with Gasteiger partial charge in [0.15, 0.2) is 5.78 Å². The molecular formula is C18H23NO2. The normalized spacial score (nSPS) is 24.7. The highest BCUT2D eigenvalue weighted by molar-refractivity contribution is 5.96. The van der Waals surface area contributed by atoms with Gasteiger partial charge < -0.3 is 4.74 Å². The largest absolute Gasteiger partial charge is 0.384 e. The van der Waals surface area contributed by atoms with Crippen LogP contribution < -0.4 is 0 Å². The van der Waals surface area contributed by atoms with Crippen molar-refractivity contribution in [2.24, 2.45) is 17.8 Å². The lowest BCUT2D eigenvalue weighted by atomic mass is 9.85. The van der Waals surface area contributed by atoms with Gasteiger partial charge in [-0.05, 0) is 42.7 Å². The maximum atomic E-state index is 12.4. The Kier molecular flexibility index (Phi) is 5.52. The Morgan fingerprint density at radius 2 is 1.95 bits per heavy atom. The van der Waals surface area contributed by atoms with Gasteiger partial charge in [0.05, 0.1) is 11.6 Å². The van der Waals surface area contributed by atoms with Gasteiger partial charge in [0.25, 0.3) is 0 Å². The first-order valence-corrected chi connectivity index (χ1v) is 7.71. The summed E-state index contributed by atoms with van der Waals surface area (Å²) in [5.74, 6) is 1.80. The molecule has 1 aromatic rings. The van der Waals surface area contributed by atoms with Crippen LogP contribution in [0.15, 0.2) is 24.3 Å². The molecule has 1 aromatic carbocycles. The monoisotopic (exact) mass is 285 g/mol. The number of ether oxygens (including phenoxy) is 1. The summed E-state index contributed by atoms with van der Waals surface area (Å²) in [6.07, 6.45) is 4.08. The first-order chi connectivity index (χ1) is 10.2. The standard InChI is InChI=1S/C18H23NO2/c1-3-14-8-9-16(17(14)12-21-2)10-18(20)15-6-4-13(11-19)5-7-15/h4-7,14,16-17H,3,8-10,12H2,1-2H3. The second kappa shape index (κ2) is 7.38. The summed E-state index contributed by atoms with van der Waals surface area (Å²) in [5.41, 5.74) is 1.31. The number of benzene rings is 1. The molecule has 0 radical (unpaired) electrons. The molecule has 0 N–H and O–H groups in total. The fraction of sp³-hybridized carbons (Fsp3) is 0.556. The van der Waals surface area contributed by atoms with Crippen molar-refractivity contribution >= 4 is 5.78 Å². The lowest BCUT2D eigenvalue weighted by Gasteiger charge is -2.23. The molecule has 3 unspecified atom stereocenters. The number of carbonyl (C=O) groups is 1. The Balaban J connectivity index is 2.02. The van der Waals surface area contributed by atoms with Crippen molar-refractivity contribution < 1.29 is 9.53 Å². The van der Waals surface area contributed by atoms with Gasteiger partial charge in [-0.1, -0.05) is 25.5 Å². The third kappa shape index (κ3) is 3.71. The molecule has 0 bridgehead atoms. The molecule has 1 aliphatic carbocycles. The molecule has 112 valence electrons. The molecule has 0 saturated heterocycles. The predicted octanol–water partition coefficient (Wildman–Crippen LogP) is 3.83. The van der Waals surface area contributed by atoms with Gasteiger partial charge in [-0.25, -0.2) is 0 Å². The van der Waals surface area contributed by atoms with Crippen molar-refractivity contribution in [3.63, 3.8) is 0 Å². The molecule has 3 heteroatoms. The van der Waals surface area contributed by atoms with Gasteiger partial charge in [-0.15, -0.1) is 0 Å². The number of ketones is 1. The zero-order valence-electron chi connectivity index (χ0n) is 12.8. The van der Waals surface area contributed by atoms with Crippen molar-refractivity contribution in [2.45, 2.75) is 32.6 Å². The van der Waals surface area contributed by atoms with Crippen LogP contribution >= 0.6 is 0 Å². The lowest BCUT2D eigenvalue weighted by molar-refractivity contribution is 0.0857. The summed E-state index contributed by atoms with van der Waals surface area (Å²) in [6, 6.07) is 9.02. The Labute approximate surface area is 126 Å². The van der Waals surface area contributed by atoms with Crippen LogP contribution in [-0.4, -0.2) is 19.5 Å². The van der Waals surface area contributed by atoms with Crippen molar-refractivity contribution in [3.8, 4) is 6.07 Å². The van der Waals surface area contributed by atoms with Crippen molar-refractivity contribution in [1.29, 1.82) is 5.26 Å². The van der Waals surface area contributed by atoms with Crippen LogP contribution in [0.25, 0.3) is 0 Å². The van der Waals surface area contributed by atoms with Gasteiger partial charge in [-0.2, -0.15) is 5.26 Å². The maximum Gasteiger partial charge on any atom is 0.163 e. The fourth-order valence-electron chi connectivity index (χ4n) is 3.55. The van der Waals surface area contributed by atoms with E-state index in [1.165, 1.54) is 6.42 Å². The van der Waals surface area contributed by atoms with Crippen LogP contribution in [0.1, 0.15) is 48.5 Å². The number of nitriles is 1. The minimum absolute atomic E-state index is 0.183. The molecule has 0 amide bonds. The molecule has 2 rings (SSSR count). The molecule has 0 aliphatic heterocycles. The van der Waals surface area contributed by atoms with Crippen LogP contribution in [0.3, 0.4) is 0 Å². The molecule has 3 atom stereocenters. The van der Waals surface area contributed by atoms with E-state index in [0.717, 1.165) is 19.4 Å². The summed E-state index contributed by atoms with van der Waals surface area (Å²) >= 11 is 0. The zero-order chi connectivity index (χ0) is 15.2. The van der Waals surface area contributed by atoms with Crippen molar-refractivity contribution in [1.82, 2.24) is 0 Å². The van der Waals surface area contributed by atoms with E-state index in [9.17, 15) is 4.79 Å². The van der Waals surface area contributed by atoms with Crippen LogP contribution in [0.4, 0.5) is 0 Å². The van der Waals surface area contributed by atoms with E-state index in [4.69, 9.17) is 10.00 Å². The average Bonchev–Trinajstić information content (AvgIpc) is 2.90. The highest BCUT2D eigenvalue weighted by Gasteiger charge is 2.35. The second-order valence-corrected chi connectivity index (χ2v) is 5.94. The van der Waals surface area contributed by atoms with Crippen LogP contribution in [0.2, 0.25) is 0 Å². The topological polar surface area (TPSA) is 50.1 Å². The number of Topliss-reactive ketones (excluding diaryl/α,β-unsaturated/α-hetero) is 1. The first kappa shape index (κ1) is 15.7. The van der Waals surface area contributed by atoms with E-state index in [1.807, 2.05) is 0 Å². The van der Waals surface area contributed by atoms with Crippen molar-refractivity contribution in [2.75, 3.05) is 13.7 Å². The number of rotatable bonds is 6. The van der Waals surface area contributed by atoms with Crippen LogP contribution in [0, 0.1) is 29.1 Å². The van der Waals surface area contributed by atoms with Gasteiger partial charge in [-0.3, -0.25) is 4.79 Å². The molecule has 0 heterocycles. The van der Waals surface area contributed by atoms with Crippen molar-refractivity contribution in [3.05, 3.63) is 35.4 Å². The zero-order valence-corrected chi connectivity index (χ0v) is 12.8. The quantitative estimate of drug-likeness (QED) is 0.746. The maximum absolute atomic E-state index is 12.4. The molecule has 1 fully saturated rings. The molecule has 1 aliphatic rings. The highest BCUT2D eigenvalue weighted by Crippen LogP contribution is 2.41. The minimum atomic E-state index is 0.183. The summed E-state index contributed by atoms with van der Waals surface area (Å²) < 4.78 is 5.36.